The molecule has 312 valence electrons. The van der Waals surface area contributed by atoms with E-state index in [1.165, 1.54) is 5.56 Å². The highest BCUT2D eigenvalue weighted by atomic mass is 15.1. The van der Waals surface area contributed by atoms with Crippen LogP contribution in [0.25, 0.3) is 83.8 Å². The maximum absolute atomic E-state index is 5.65. The Morgan fingerprint density at radius 2 is 0.667 bits per heavy atom. The quantitative estimate of drug-likeness (QED) is 0.149. The molecule has 0 amide bonds. The summed E-state index contributed by atoms with van der Waals surface area (Å²) in [4.78, 5) is 11.0. The molecule has 66 heavy (non-hydrogen) atoms. The van der Waals surface area contributed by atoms with Crippen molar-refractivity contribution in [2.24, 2.45) is 4.99 Å². The summed E-state index contributed by atoms with van der Waals surface area (Å²) in [6.07, 6.45) is 1.90. The van der Waals surface area contributed by atoms with Gasteiger partial charge in [0.1, 0.15) is 6.17 Å². The zero-order valence-corrected chi connectivity index (χ0v) is 36.3. The van der Waals surface area contributed by atoms with E-state index in [-0.39, 0.29) is 6.17 Å². The molecule has 1 aliphatic heterocycles. The first-order valence-electron chi connectivity index (χ1n) is 22.5. The summed E-state index contributed by atoms with van der Waals surface area (Å²) in [5, 5.41) is 3.84. The molecule has 0 aliphatic carbocycles. The van der Waals surface area contributed by atoms with Crippen molar-refractivity contribution in [2.75, 3.05) is 0 Å². The minimum Gasteiger partial charge on any atom is -0.360 e. The van der Waals surface area contributed by atoms with E-state index in [2.05, 4.69) is 266 Å². The van der Waals surface area contributed by atoms with Crippen LogP contribution in [0.4, 0.5) is 0 Å². The Morgan fingerprint density at radius 1 is 0.288 bits per heavy atom. The summed E-state index contributed by atoms with van der Waals surface area (Å²) in [7, 11) is 0. The Morgan fingerprint density at radius 3 is 1.18 bits per heavy atom. The van der Waals surface area contributed by atoms with Crippen LogP contribution in [0.5, 0.6) is 0 Å². The van der Waals surface area contributed by atoms with Gasteiger partial charge in [-0.3, -0.25) is 4.99 Å². The van der Waals surface area contributed by atoms with Crippen LogP contribution in [0.1, 0.15) is 22.9 Å². The van der Waals surface area contributed by atoms with Gasteiger partial charge in [0.05, 0.1) is 17.1 Å². The van der Waals surface area contributed by atoms with Gasteiger partial charge >= 0.3 is 0 Å². The van der Waals surface area contributed by atoms with Crippen molar-refractivity contribution < 1.29 is 0 Å². The lowest BCUT2D eigenvalue weighted by atomic mass is 9.82. The number of hydrogen-bond donors (Lipinski definition) is 1. The van der Waals surface area contributed by atoms with Gasteiger partial charge in [-0.25, -0.2) is 4.98 Å². The second kappa shape index (κ2) is 18.2. The number of nitrogens with one attached hydrogen (secondary N) is 1. The number of nitrogens with zero attached hydrogens (tertiary/aromatic N) is 2. The van der Waals surface area contributed by atoms with E-state index in [0.29, 0.717) is 0 Å². The molecule has 1 aliphatic rings. The lowest BCUT2D eigenvalue weighted by Crippen LogP contribution is -2.24. The Labute approximate surface area is 386 Å². The molecule has 1 atom stereocenters. The highest BCUT2D eigenvalue weighted by molar-refractivity contribution is 6.13. The number of hydrogen-bond acceptors (Lipinski definition) is 3. The monoisotopic (exact) mass is 843 g/mol. The van der Waals surface area contributed by atoms with Gasteiger partial charge in [0.15, 0.2) is 0 Å². The average Bonchev–Trinajstić information content (AvgIpc) is 3.41. The molecule has 0 spiro atoms. The number of benzene rings is 9. The molecule has 2 heterocycles. The van der Waals surface area contributed by atoms with Gasteiger partial charge in [0, 0.05) is 33.5 Å². The molecule has 0 bridgehead atoms. The second-order valence-corrected chi connectivity index (χ2v) is 16.5. The molecule has 1 unspecified atom stereocenters. The van der Waals surface area contributed by atoms with Gasteiger partial charge in [-0.15, -0.1) is 0 Å². The summed E-state index contributed by atoms with van der Waals surface area (Å²) in [6, 6.07) is 90.3. The predicted molar refractivity (Wildman–Crippen MR) is 276 cm³/mol. The number of aromatic nitrogens is 1. The first-order chi connectivity index (χ1) is 32.7. The summed E-state index contributed by atoms with van der Waals surface area (Å²) >= 11 is 0. The molecule has 1 N–H and O–H groups in total. The molecule has 11 rings (SSSR count). The van der Waals surface area contributed by atoms with Crippen LogP contribution in [0.15, 0.2) is 266 Å². The molecule has 0 radical (unpaired) electrons. The lowest BCUT2D eigenvalue weighted by molar-refractivity contribution is 0.664. The van der Waals surface area contributed by atoms with Gasteiger partial charge in [-0.1, -0.05) is 237 Å². The minimum absolute atomic E-state index is 0.284. The van der Waals surface area contributed by atoms with Gasteiger partial charge in [-0.2, -0.15) is 0 Å². The van der Waals surface area contributed by atoms with Crippen LogP contribution < -0.4 is 5.32 Å². The number of rotatable bonds is 10. The van der Waals surface area contributed by atoms with Crippen molar-refractivity contribution in [1.29, 1.82) is 0 Å². The third kappa shape index (κ3) is 8.18. The molecule has 1 aromatic heterocycles. The van der Waals surface area contributed by atoms with Crippen molar-refractivity contribution in [2.45, 2.75) is 6.17 Å². The van der Waals surface area contributed by atoms with Crippen LogP contribution in [-0.4, -0.2) is 10.7 Å². The Hall–Kier alpha value is -8.66. The molecule has 0 saturated heterocycles. The van der Waals surface area contributed by atoms with E-state index < -0.39 is 0 Å². The van der Waals surface area contributed by atoms with Gasteiger partial charge in [0.25, 0.3) is 0 Å². The third-order valence-corrected chi connectivity index (χ3v) is 12.3. The first-order valence-corrected chi connectivity index (χ1v) is 22.5. The average molecular weight is 844 g/mol. The zero-order chi connectivity index (χ0) is 44.1. The van der Waals surface area contributed by atoms with Crippen molar-refractivity contribution in [3.05, 3.63) is 278 Å². The van der Waals surface area contributed by atoms with Gasteiger partial charge in [-0.05, 0) is 79.9 Å². The molecule has 3 heteroatoms. The predicted octanol–water partition coefficient (Wildman–Crippen LogP) is 15.9. The van der Waals surface area contributed by atoms with E-state index in [4.69, 9.17) is 9.98 Å². The molecule has 0 fully saturated rings. The van der Waals surface area contributed by atoms with Crippen molar-refractivity contribution in [3.63, 3.8) is 0 Å². The van der Waals surface area contributed by atoms with Crippen LogP contribution in [-0.2, 0) is 0 Å². The van der Waals surface area contributed by atoms with Crippen LogP contribution in [0.3, 0.4) is 0 Å². The fourth-order valence-corrected chi connectivity index (χ4v) is 9.12. The minimum atomic E-state index is -0.284. The van der Waals surface area contributed by atoms with E-state index >= 15 is 0 Å². The molecular weight excluding hydrogens is 799 g/mol. The third-order valence-electron chi connectivity index (χ3n) is 12.3. The summed E-state index contributed by atoms with van der Waals surface area (Å²) in [5.74, 6) is 0. The summed E-state index contributed by atoms with van der Waals surface area (Å²) in [6.45, 7) is 0. The van der Waals surface area contributed by atoms with E-state index in [0.717, 1.165) is 101 Å². The zero-order valence-electron chi connectivity index (χ0n) is 36.3. The van der Waals surface area contributed by atoms with E-state index in [1.54, 1.807) is 0 Å². The van der Waals surface area contributed by atoms with Crippen molar-refractivity contribution >= 4 is 11.4 Å². The van der Waals surface area contributed by atoms with Crippen molar-refractivity contribution in [3.8, 4) is 78.1 Å². The molecule has 3 nitrogen and oxygen atoms in total. The SMILES string of the molecule is C1=C(c2cccc(-c3cccc(-c4c(-c5ccccc5)c(-c5ccccc5)nc(-c5ccccc5)c4-c4ccccc4)c3)c2)NC(c2cccc(-c3ccccc3)c2)N=C1c1ccccc1. The first kappa shape index (κ1) is 40.1. The highest BCUT2D eigenvalue weighted by Gasteiger charge is 2.26. The lowest BCUT2D eigenvalue weighted by Gasteiger charge is -2.25. The Kier molecular flexibility index (Phi) is 11.1. The standard InChI is InChI=1S/C63H45N3/c1-7-22-44(23-8-1)50-34-21-39-55(42-50)63-64-56(45-24-9-2-10-25-45)43-57(65-63)53-37-19-35-51(40-53)52-36-20-38-54(41-52)58-59(46-26-11-3-12-27-46)61(48-30-15-5-16-31-48)66-62(49-32-17-6-18-33-49)60(58)47-28-13-4-14-29-47/h1-43,63,65H. The highest BCUT2D eigenvalue weighted by Crippen LogP contribution is 2.49. The summed E-state index contributed by atoms with van der Waals surface area (Å²) in [5.41, 5.74) is 20.5. The van der Waals surface area contributed by atoms with Crippen molar-refractivity contribution in [1.82, 2.24) is 10.3 Å². The molecule has 0 saturated carbocycles. The topological polar surface area (TPSA) is 37.3 Å². The smallest absolute Gasteiger partial charge is 0.145 e. The van der Waals surface area contributed by atoms with Gasteiger partial charge in [0.2, 0.25) is 0 Å². The summed E-state index contributed by atoms with van der Waals surface area (Å²) < 4.78 is 0. The number of pyridine rings is 1. The molecular formula is C63H45N3. The second-order valence-electron chi connectivity index (χ2n) is 16.5. The van der Waals surface area contributed by atoms with Gasteiger partial charge < -0.3 is 5.32 Å². The van der Waals surface area contributed by atoms with Crippen LogP contribution >= 0.6 is 0 Å². The Balaban J connectivity index is 1.07. The maximum Gasteiger partial charge on any atom is 0.145 e. The fourth-order valence-electron chi connectivity index (χ4n) is 9.12. The van der Waals surface area contributed by atoms with Crippen LogP contribution in [0.2, 0.25) is 0 Å². The fraction of sp³-hybridized carbons (Fsp3) is 0.0159. The normalized spacial score (nSPS) is 13.3. The Bertz CT molecular complexity index is 3240. The largest absolute Gasteiger partial charge is 0.360 e. The van der Waals surface area contributed by atoms with Crippen LogP contribution in [0, 0.1) is 0 Å². The number of aliphatic imine (C=N–C) groups is 1. The van der Waals surface area contributed by atoms with E-state index in [1.807, 2.05) is 0 Å². The van der Waals surface area contributed by atoms with E-state index in [9.17, 15) is 0 Å². The molecule has 10 aromatic rings. The maximum atomic E-state index is 5.65. The number of allylic oxidation sites excluding steroid dienone is 1. The molecule has 9 aromatic carbocycles.